The van der Waals surface area contributed by atoms with Gasteiger partial charge in [0, 0.05) is 5.56 Å². The molecule has 0 saturated carbocycles. The maximum atomic E-state index is 11.1. The summed E-state index contributed by atoms with van der Waals surface area (Å²) >= 11 is 0. The van der Waals surface area contributed by atoms with Crippen molar-refractivity contribution >= 4 is 5.78 Å². The van der Waals surface area contributed by atoms with Crippen LogP contribution >= 0.6 is 0 Å². The summed E-state index contributed by atoms with van der Waals surface area (Å²) < 4.78 is 0. The summed E-state index contributed by atoms with van der Waals surface area (Å²) in [5, 5.41) is 9.58. The molecule has 0 aliphatic rings. The van der Waals surface area contributed by atoms with Gasteiger partial charge in [0.2, 0.25) is 0 Å². The second-order valence-electron chi connectivity index (χ2n) is 3.78. The first-order valence-electron chi connectivity index (χ1n) is 5.46. The summed E-state index contributed by atoms with van der Waals surface area (Å²) in [5.74, 6) is -0.0289. The smallest absolute Gasteiger partial charge is 0.295 e. The summed E-state index contributed by atoms with van der Waals surface area (Å²) in [4.78, 5) is 26.1. The Bertz CT molecular complexity index is 399. The van der Waals surface area contributed by atoms with Crippen molar-refractivity contribution in [3.8, 4) is 0 Å². The number of hydrogen-bond donors (Lipinski definition) is 0. The molecule has 0 saturated heterocycles. The zero-order chi connectivity index (χ0) is 12.8. The average Bonchev–Trinajstić information content (AvgIpc) is 2.28. The molecule has 5 heteroatoms. The Labute approximate surface area is 99.5 Å². The molecule has 0 aliphatic carbocycles. The lowest BCUT2D eigenvalue weighted by atomic mass is 10.0. The molecule has 0 radical (unpaired) electrons. The maximum Gasteiger partial charge on any atom is 0.295 e. The van der Waals surface area contributed by atoms with E-state index in [1.54, 1.807) is 24.3 Å². The number of nitrogens with zero attached hydrogens (tertiary/aromatic N) is 1. The fourth-order valence-corrected chi connectivity index (χ4v) is 1.58. The van der Waals surface area contributed by atoms with Gasteiger partial charge in [-0.1, -0.05) is 37.6 Å². The van der Waals surface area contributed by atoms with Crippen LogP contribution in [0.25, 0.3) is 0 Å². The number of Topliss-reactive ketones (excluding diaryl/α,β-unsaturated/α-hetero) is 1. The van der Waals surface area contributed by atoms with Crippen molar-refractivity contribution in [2.24, 2.45) is 0 Å². The van der Waals surface area contributed by atoms with E-state index in [-0.39, 0.29) is 5.78 Å². The second-order valence-corrected chi connectivity index (χ2v) is 3.78. The summed E-state index contributed by atoms with van der Waals surface area (Å²) in [7, 11) is 0. The van der Waals surface area contributed by atoms with Crippen LogP contribution in [0.4, 0.5) is 0 Å². The van der Waals surface area contributed by atoms with Crippen LogP contribution < -0.4 is 0 Å². The first-order valence-corrected chi connectivity index (χ1v) is 5.46. The van der Waals surface area contributed by atoms with Gasteiger partial charge in [0.25, 0.3) is 5.09 Å². The van der Waals surface area contributed by atoms with Crippen molar-refractivity contribution in [3.05, 3.63) is 45.5 Å². The molecule has 0 N–H and O–H groups in total. The van der Waals surface area contributed by atoms with Gasteiger partial charge in [-0.2, -0.15) is 0 Å². The number of benzene rings is 1. The highest BCUT2D eigenvalue weighted by molar-refractivity contribution is 5.94. The van der Waals surface area contributed by atoms with Gasteiger partial charge in [-0.3, -0.25) is 4.79 Å². The Kier molecular flexibility index (Phi) is 4.63. The standard InChI is InChI=1S/C12H15NO4/c1-3-4-12(17-13(15)16)11-7-5-10(6-8-11)9(2)14/h5-8,12H,3-4H2,1-2H3. The first-order chi connectivity index (χ1) is 8.04. The normalized spacial score (nSPS) is 11.9. The van der Waals surface area contributed by atoms with Crippen molar-refractivity contribution in [1.82, 2.24) is 0 Å². The molecule has 0 aliphatic heterocycles. The van der Waals surface area contributed by atoms with Crippen LogP contribution in [0.5, 0.6) is 0 Å². The van der Waals surface area contributed by atoms with E-state index in [0.717, 1.165) is 6.42 Å². The lowest BCUT2D eigenvalue weighted by Crippen LogP contribution is -2.09. The Morgan fingerprint density at radius 3 is 2.41 bits per heavy atom. The van der Waals surface area contributed by atoms with E-state index in [0.29, 0.717) is 17.5 Å². The van der Waals surface area contributed by atoms with Crippen molar-refractivity contribution in [3.63, 3.8) is 0 Å². The van der Waals surface area contributed by atoms with E-state index in [2.05, 4.69) is 4.84 Å². The monoisotopic (exact) mass is 237 g/mol. The van der Waals surface area contributed by atoms with E-state index in [9.17, 15) is 14.9 Å². The van der Waals surface area contributed by atoms with Crippen LogP contribution in [-0.4, -0.2) is 10.9 Å². The first kappa shape index (κ1) is 13.2. The Morgan fingerprint density at radius 2 is 2.00 bits per heavy atom. The van der Waals surface area contributed by atoms with E-state index in [1.807, 2.05) is 6.92 Å². The molecule has 0 spiro atoms. The van der Waals surface area contributed by atoms with Crippen molar-refractivity contribution in [1.29, 1.82) is 0 Å². The fraction of sp³-hybridized carbons (Fsp3) is 0.417. The molecule has 1 unspecified atom stereocenters. The van der Waals surface area contributed by atoms with Crippen molar-refractivity contribution in [2.45, 2.75) is 32.8 Å². The number of hydrogen-bond acceptors (Lipinski definition) is 4. The quantitative estimate of drug-likeness (QED) is 0.433. The predicted molar refractivity (Wildman–Crippen MR) is 62.2 cm³/mol. The molecule has 0 aromatic heterocycles. The fourth-order valence-electron chi connectivity index (χ4n) is 1.58. The van der Waals surface area contributed by atoms with Gasteiger partial charge in [-0.25, -0.2) is 0 Å². The van der Waals surface area contributed by atoms with Gasteiger partial charge in [0.1, 0.15) is 6.10 Å². The molecule has 0 fully saturated rings. The minimum absolute atomic E-state index is 0.0289. The molecular formula is C12H15NO4. The van der Waals surface area contributed by atoms with E-state index in [4.69, 9.17) is 0 Å². The van der Waals surface area contributed by atoms with Gasteiger partial charge >= 0.3 is 0 Å². The molecule has 1 atom stereocenters. The second kappa shape index (κ2) is 5.98. The minimum Gasteiger partial charge on any atom is -0.306 e. The molecule has 0 amide bonds. The average molecular weight is 237 g/mol. The lowest BCUT2D eigenvalue weighted by Gasteiger charge is -2.14. The molecule has 92 valence electrons. The molecule has 0 bridgehead atoms. The van der Waals surface area contributed by atoms with Crippen LogP contribution in [0.2, 0.25) is 0 Å². The topological polar surface area (TPSA) is 69.4 Å². The number of rotatable bonds is 6. The molecule has 1 rings (SSSR count). The molecule has 0 heterocycles. The largest absolute Gasteiger partial charge is 0.306 e. The van der Waals surface area contributed by atoms with Gasteiger partial charge < -0.3 is 4.84 Å². The summed E-state index contributed by atoms with van der Waals surface area (Å²) in [6.45, 7) is 3.41. The molecular weight excluding hydrogens is 222 g/mol. The predicted octanol–water partition coefficient (Wildman–Crippen LogP) is 2.94. The third-order valence-corrected chi connectivity index (χ3v) is 2.45. The van der Waals surface area contributed by atoms with Gasteiger partial charge in [-0.05, 0) is 18.9 Å². The van der Waals surface area contributed by atoms with Gasteiger partial charge in [0.15, 0.2) is 5.78 Å². The highest BCUT2D eigenvalue weighted by Gasteiger charge is 2.15. The minimum atomic E-state index is -0.779. The number of carbonyl (C=O) groups is 1. The SMILES string of the molecule is CCCC(O[N+](=O)[O-])c1ccc(C(C)=O)cc1. The molecule has 5 nitrogen and oxygen atoms in total. The van der Waals surface area contributed by atoms with Crippen LogP contribution in [0.3, 0.4) is 0 Å². The number of ketones is 1. The van der Waals surface area contributed by atoms with Crippen LogP contribution in [0.15, 0.2) is 24.3 Å². The highest BCUT2D eigenvalue weighted by atomic mass is 17.0. The Balaban J connectivity index is 2.86. The number of carbonyl (C=O) groups excluding carboxylic acids is 1. The zero-order valence-electron chi connectivity index (χ0n) is 9.88. The third kappa shape index (κ3) is 3.86. The molecule has 17 heavy (non-hydrogen) atoms. The van der Waals surface area contributed by atoms with Crippen molar-refractivity contribution in [2.75, 3.05) is 0 Å². The Morgan fingerprint density at radius 1 is 1.41 bits per heavy atom. The highest BCUT2D eigenvalue weighted by Crippen LogP contribution is 2.23. The van der Waals surface area contributed by atoms with Crippen LogP contribution in [-0.2, 0) is 4.84 Å². The van der Waals surface area contributed by atoms with E-state index >= 15 is 0 Å². The Hall–Kier alpha value is -1.91. The van der Waals surface area contributed by atoms with Gasteiger partial charge in [-0.15, -0.1) is 10.1 Å². The van der Waals surface area contributed by atoms with E-state index < -0.39 is 11.2 Å². The van der Waals surface area contributed by atoms with Crippen LogP contribution in [0, 0.1) is 10.1 Å². The van der Waals surface area contributed by atoms with Gasteiger partial charge in [0.05, 0.1) is 0 Å². The summed E-state index contributed by atoms with van der Waals surface area (Å²) in [6, 6.07) is 6.70. The molecule has 1 aromatic rings. The maximum absolute atomic E-state index is 11.1. The summed E-state index contributed by atoms with van der Waals surface area (Å²) in [6.07, 6.45) is 0.795. The van der Waals surface area contributed by atoms with Crippen LogP contribution in [0.1, 0.15) is 48.7 Å². The van der Waals surface area contributed by atoms with Crippen molar-refractivity contribution < 1.29 is 14.7 Å². The third-order valence-electron chi connectivity index (χ3n) is 2.45. The van der Waals surface area contributed by atoms with E-state index in [1.165, 1.54) is 6.92 Å². The molecule has 1 aromatic carbocycles. The zero-order valence-corrected chi connectivity index (χ0v) is 9.88. The lowest BCUT2D eigenvalue weighted by molar-refractivity contribution is -0.771. The summed E-state index contributed by atoms with van der Waals surface area (Å²) in [5.41, 5.74) is 1.30.